The van der Waals surface area contributed by atoms with Gasteiger partial charge in [-0.05, 0) is 24.2 Å². The van der Waals surface area contributed by atoms with Crippen molar-refractivity contribution in [3.8, 4) is 0 Å². The van der Waals surface area contributed by atoms with Gasteiger partial charge in [0.1, 0.15) is 0 Å². The van der Waals surface area contributed by atoms with Crippen molar-refractivity contribution in [3.63, 3.8) is 0 Å². The number of carbonyl (C=O) groups excluding carboxylic acids is 1. The zero-order chi connectivity index (χ0) is 12.4. The van der Waals surface area contributed by atoms with Crippen molar-refractivity contribution in [3.05, 3.63) is 0 Å². The van der Waals surface area contributed by atoms with Gasteiger partial charge in [0.25, 0.3) is 0 Å². The maximum absolute atomic E-state index is 12.1. The molecule has 3 nitrogen and oxygen atoms in total. The molecule has 0 aromatic rings. The Labute approximate surface area is 99.2 Å². The second-order valence-electron chi connectivity index (χ2n) is 6.16. The summed E-state index contributed by atoms with van der Waals surface area (Å²) in [4.78, 5) is 12.1. The van der Waals surface area contributed by atoms with Gasteiger partial charge in [-0.3, -0.25) is 4.79 Å². The van der Waals surface area contributed by atoms with Crippen molar-refractivity contribution < 1.29 is 4.79 Å². The van der Waals surface area contributed by atoms with E-state index in [9.17, 15) is 4.79 Å². The average Bonchev–Trinajstić information content (AvgIpc) is 2.14. The van der Waals surface area contributed by atoms with E-state index in [-0.39, 0.29) is 16.7 Å². The maximum atomic E-state index is 12.1. The lowest BCUT2D eigenvalue weighted by Crippen LogP contribution is -2.52. The second kappa shape index (κ2) is 4.74. The summed E-state index contributed by atoms with van der Waals surface area (Å²) in [6.45, 7) is 9.98. The Kier molecular flexibility index (Phi) is 4.00. The van der Waals surface area contributed by atoms with E-state index < -0.39 is 0 Å². The third-order valence-electron chi connectivity index (χ3n) is 4.45. The maximum Gasteiger partial charge on any atom is 0.227 e. The van der Waals surface area contributed by atoms with E-state index in [1.807, 2.05) is 0 Å². The number of nitrogens with two attached hydrogens (primary N) is 1. The highest BCUT2D eigenvalue weighted by Gasteiger charge is 2.43. The minimum atomic E-state index is -0.243. The normalized spacial score (nSPS) is 19.4. The van der Waals surface area contributed by atoms with Crippen molar-refractivity contribution >= 4 is 5.91 Å². The molecule has 0 saturated heterocycles. The zero-order valence-electron chi connectivity index (χ0n) is 11.1. The first-order chi connectivity index (χ1) is 7.34. The number of hydrogen-bond donors (Lipinski definition) is 2. The Morgan fingerprint density at radius 3 is 2.31 bits per heavy atom. The van der Waals surface area contributed by atoms with E-state index in [1.54, 1.807) is 0 Å². The molecule has 0 radical (unpaired) electrons. The number of rotatable bonds is 5. The summed E-state index contributed by atoms with van der Waals surface area (Å²) in [6, 6.07) is 0. The van der Waals surface area contributed by atoms with Crippen LogP contribution in [0, 0.1) is 16.7 Å². The molecule has 0 aliphatic heterocycles. The molecule has 1 saturated carbocycles. The van der Waals surface area contributed by atoms with Crippen LogP contribution in [0.2, 0.25) is 0 Å². The number of hydrogen-bond acceptors (Lipinski definition) is 2. The van der Waals surface area contributed by atoms with Crippen molar-refractivity contribution in [1.29, 1.82) is 0 Å². The van der Waals surface area contributed by atoms with E-state index in [4.69, 9.17) is 5.73 Å². The molecule has 0 aromatic carbocycles. The monoisotopic (exact) mass is 226 g/mol. The highest BCUT2D eigenvalue weighted by atomic mass is 16.2. The Bertz CT molecular complexity index is 249. The van der Waals surface area contributed by atoms with Crippen LogP contribution >= 0.6 is 0 Å². The molecule has 0 atom stereocenters. The smallest absolute Gasteiger partial charge is 0.227 e. The molecule has 3 N–H and O–H groups in total. The lowest BCUT2D eigenvalue weighted by atomic mass is 9.68. The van der Waals surface area contributed by atoms with E-state index >= 15 is 0 Å². The lowest BCUT2D eigenvalue weighted by Gasteiger charge is -2.40. The van der Waals surface area contributed by atoms with Gasteiger partial charge < -0.3 is 11.1 Å². The van der Waals surface area contributed by atoms with Gasteiger partial charge in [-0.15, -0.1) is 0 Å². The summed E-state index contributed by atoms with van der Waals surface area (Å²) in [5.41, 5.74) is 5.61. The summed E-state index contributed by atoms with van der Waals surface area (Å²) >= 11 is 0. The van der Waals surface area contributed by atoms with E-state index in [0.29, 0.717) is 12.5 Å². The molecule has 3 heteroatoms. The third kappa shape index (κ3) is 2.57. The van der Waals surface area contributed by atoms with Crippen LogP contribution in [0.25, 0.3) is 0 Å². The van der Waals surface area contributed by atoms with Gasteiger partial charge in [-0.2, -0.15) is 0 Å². The van der Waals surface area contributed by atoms with Crippen molar-refractivity contribution in [2.45, 2.75) is 47.0 Å². The largest absolute Gasteiger partial charge is 0.355 e. The standard InChI is InChI=1S/C13H26N2O/c1-10(2)12(3,4)9-15-11(16)13(8-14)6-5-7-13/h10H,5-9,14H2,1-4H3,(H,15,16). The third-order valence-corrected chi connectivity index (χ3v) is 4.45. The SMILES string of the molecule is CC(C)C(C)(C)CNC(=O)C1(CN)CCC1. The molecule has 1 rings (SSSR count). The van der Waals surface area contributed by atoms with Gasteiger partial charge >= 0.3 is 0 Å². The van der Waals surface area contributed by atoms with Gasteiger partial charge in [-0.25, -0.2) is 0 Å². The fourth-order valence-electron chi connectivity index (χ4n) is 1.83. The highest BCUT2D eigenvalue weighted by Crippen LogP contribution is 2.40. The van der Waals surface area contributed by atoms with Gasteiger partial charge in [0.2, 0.25) is 5.91 Å². The van der Waals surface area contributed by atoms with Gasteiger partial charge in [0.05, 0.1) is 5.41 Å². The van der Waals surface area contributed by atoms with Crippen LogP contribution < -0.4 is 11.1 Å². The number of nitrogens with one attached hydrogen (secondary N) is 1. The summed E-state index contributed by atoms with van der Waals surface area (Å²) < 4.78 is 0. The fourth-order valence-corrected chi connectivity index (χ4v) is 1.83. The Hall–Kier alpha value is -0.570. The minimum absolute atomic E-state index is 0.148. The molecule has 1 aliphatic carbocycles. The first-order valence-corrected chi connectivity index (χ1v) is 6.32. The van der Waals surface area contributed by atoms with E-state index in [2.05, 4.69) is 33.0 Å². The van der Waals surface area contributed by atoms with Crippen LogP contribution in [0.3, 0.4) is 0 Å². The predicted octanol–water partition coefficient (Wildman–Crippen LogP) is 1.91. The van der Waals surface area contributed by atoms with Crippen LogP contribution in [-0.4, -0.2) is 19.0 Å². The zero-order valence-corrected chi connectivity index (χ0v) is 11.1. The van der Waals surface area contributed by atoms with Crippen LogP contribution in [-0.2, 0) is 4.79 Å². The van der Waals surface area contributed by atoms with Crippen molar-refractivity contribution in [2.24, 2.45) is 22.5 Å². The topological polar surface area (TPSA) is 55.1 Å². The predicted molar refractivity (Wildman–Crippen MR) is 67.0 cm³/mol. The lowest BCUT2D eigenvalue weighted by molar-refractivity contribution is -0.135. The molecule has 1 aliphatic rings. The first-order valence-electron chi connectivity index (χ1n) is 6.32. The summed E-state index contributed by atoms with van der Waals surface area (Å²) in [5, 5.41) is 3.08. The van der Waals surface area contributed by atoms with Crippen LogP contribution in [0.1, 0.15) is 47.0 Å². The van der Waals surface area contributed by atoms with Crippen LogP contribution in [0.4, 0.5) is 0 Å². The van der Waals surface area contributed by atoms with Crippen molar-refractivity contribution in [1.82, 2.24) is 5.32 Å². The molecule has 94 valence electrons. The molecule has 0 aromatic heterocycles. The molecule has 0 unspecified atom stereocenters. The fraction of sp³-hybridized carbons (Fsp3) is 0.923. The van der Waals surface area contributed by atoms with Crippen LogP contribution in [0.15, 0.2) is 0 Å². The highest BCUT2D eigenvalue weighted by molar-refractivity contribution is 5.83. The van der Waals surface area contributed by atoms with Crippen LogP contribution in [0.5, 0.6) is 0 Å². The summed E-state index contributed by atoms with van der Waals surface area (Å²) in [5.74, 6) is 0.720. The molecule has 0 bridgehead atoms. The Morgan fingerprint density at radius 1 is 1.44 bits per heavy atom. The van der Waals surface area contributed by atoms with Gasteiger partial charge in [-0.1, -0.05) is 34.1 Å². The van der Waals surface area contributed by atoms with Gasteiger partial charge in [0, 0.05) is 13.1 Å². The molecule has 1 fully saturated rings. The molecule has 16 heavy (non-hydrogen) atoms. The minimum Gasteiger partial charge on any atom is -0.355 e. The molecule has 1 amide bonds. The second-order valence-corrected chi connectivity index (χ2v) is 6.16. The van der Waals surface area contributed by atoms with Crippen molar-refractivity contribution in [2.75, 3.05) is 13.1 Å². The summed E-state index contributed by atoms with van der Waals surface area (Å²) in [7, 11) is 0. The summed E-state index contributed by atoms with van der Waals surface area (Å²) in [6.07, 6.45) is 3.05. The van der Waals surface area contributed by atoms with E-state index in [0.717, 1.165) is 25.8 Å². The van der Waals surface area contributed by atoms with Gasteiger partial charge in [0.15, 0.2) is 0 Å². The average molecular weight is 226 g/mol. The molecular formula is C13H26N2O. The number of amides is 1. The molecule has 0 spiro atoms. The quantitative estimate of drug-likeness (QED) is 0.752. The first kappa shape index (κ1) is 13.5. The number of carbonyl (C=O) groups is 1. The van der Waals surface area contributed by atoms with E-state index in [1.165, 1.54) is 0 Å². The molecular weight excluding hydrogens is 200 g/mol. The molecule has 0 heterocycles. The Morgan fingerprint density at radius 2 is 2.00 bits per heavy atom. The Balaban J connectivity index is 2.47.